The molecule has 80 valence electrons. The second kappa shape index (κ2) is 6.20. The molecule has 0 spiro atoms. The van der Waals surface area contributed by atoms with Crippen molar-refractivity contribution in [3.05, 3.63) is 24.5 Å². The number of rotatable bonds is 1. The largest absolute Gasteiger partial charge is 0.528 e. The predicted molar refractivity (Wildman–Crippen MR) is 46.9 cm³/mol. The zero-order valence-electron chi connectivity index (χ0n) is 7.07. The van der Waals surface area contributed by atoms with Gasteiger partial charge in [0.1, 0.15) is 6.61 Å². The third kappa shape index (κ3) is 10.7. The van der Waals surface area contributed by atoms with Crippen molar-refractivity contribution in [1.82, 2.24) is 0 Å². The number of ether oxygens (including phenoxy) is 1. The molecule has 0 fully saturated rings. The second-order valence-corrected chi connectivity index (χ2v) is 3.15. The van der Waals surface area contributed by atoms with Gasteiger partial charge in [-0.15, -0.1) is 0 Å². The fourth-order valence-corrected chi connectivity index (χ4v) is 0.698. The van der Waals surface area contributed by atoms with E-state index < -0.39 is 13.9 Å². The molecule has 0 aromatic heterocycles. The van der Waals surface area contributed by atoms with Crippen LogP contribution in [0.4, 0.5) is 4.79 Å². The van der Waals surface area contributed by atoms with Crippen LogP contribution in [-0.2, 0) is 13.8 Å². The van der Waals surface area contributed by atoms with E-state index in [0.717, 1.165) is 6.61 Å². The van der Waals surface area contributed by atoms with Crippen LogP contribution in [0.3, 0.4) is 0 Å². The fourth-order valence-electron chi connectivity index (χ4n) is 0.463. The van der Waals surface area contributed by atoms with E-state index in [2.05, 4.69) is 10.3 Å². The Hall–Kier alpha value is -1.30. The SMILES string of the molecule is C1=CCOC=C1.NC(=O)OP(=O)(O)O. The van der Waals surface area contributed by atoms with Crippen molar-refractivity contribution in [2.45, 2.75) is 0 Å². The van der Waals surface area contributed by atoms with Gasteiger partial charge in [0.15, 0.2) is 0 Å². The van der Waals surface area contributed by atoms with Crippen molar-refractivity contribution in [2.24, 2.45) is 5.73 Å². The quantitative estimate of drug-likeness (QED) is 0.548. The normalized spacial score (nSPS) is 13.6. The topological polar surface area (TPSA) is 119 Å². The van der Waals surface area contributed by atoms with Crippen molar-refractivity contribution in [3.63, 3.8) is 0 Å². The van der Waals surface area contributed by atoms with E-state index in [1.165, 1.54) is 0 Å². The van der Waals surface area contributed by atoms with Crippen LogP contribution in [0.2, 0.25) is 0 Å². The van der Waals surface area contributed by atoms with Gasteiger partial charge in [-0.1, -0.05) is 6.08 Å². The molecule has 1 rings (SSSR count). The molecular formula is C6H10NO6P. The lowest BCUT2D eigenvalue weighted by molar-refractivity contribution is 0.185. The summed E-state index contributed by atoms with van der Waals surface area (Å²) in [5.41, 5.74) is 4.23. The highest BCUT2D eigenvalue weighted by atomic mass is 31.2. The van der Waals surface area contributed by atoms with E-state index in [1.54, 1.807) is 6.26 Å². The molecule has 14 heavy (non-hydrogen) atoms. The van der Waals surface area contributed by atoms with Crippen LogP contribution in [0.5, 0.6) is 0 Å². The maximum absolute atomic E-state index is 9.61. The van der Waals surface area contributed by atoms with Crippen molar-refractivity contribution in [1.29, 1.82) is 0 Å². The summed E-state index contributed by atoms with van der Waals surface area (Å²) in [6.45, 7) is 0.733. The number of phosphoric acid groups is 1. The van der Waals surface area contributed by atoms with Gasteiger partial charge in [0.2, 0.25) is 0 Å². The number of amides is 1. The summed E-state index contributed by atoms with van der Waals surface area (Å²) in [6, 6.07) is 0. The minimum Gasteiger partial charge on any atom is -0.497 e. The molecule has 0 aromatic rings. The van der Waals surface area contributed by atoms with Gasteiger partial charge in [0.05, 0.1) is 6.26 Å². The predicted octanol–water partition coefficient (Wildman–Crippen LogP) is 0.261. The van der Waals surface area contributed by atoms with Crippen LogP contribution in [0.1, 0.15) is 0 Å². The van der Waals surface area contributed by atoms with Gasteiger partial charge in [-0.3, -0.25) is 9.79 Å². The Labute approximate surface area is 80.1 Å². The minimum absolute atomic E-state index is 0.733. The monoisotopic (exact) mass is 223 g/mol. The van der Waals surface area contributed by atoms with Crippen LogP contribution in [0, 0.1) is 0 Å². The van der Waals surface area contributed by atoms with Crippen LogP contribution in [0.15, 0.2) is 24.5 Å². The third-order valence-electron chi connectivity index (χ3n) is 0.823. The Morgan fingerprint density at radius 3 is 2.21 bits per heavy atom. The molecule has 0 saturated heterocycles. The van der Waals surface area contributed by atoms with Gasteiger partial charge in [0, 0.05) is 0 Å². The molecule has 0 atom stereocenters. The molecule has 0 unspecified atom stereocenters. The standard InChI is InChI=1S/C5H6O.CH4NO5P/c1-2-4-6-5-3-1;2-1(3)7-8(4,5)6/h1-4H,5H2;(H2,2,3)(H2,4,5,6). The van der Waals surface area contributed by atoms with E-state index in [9.17, 15) is 9.36 Å². The third-order valence-corrected chi connectivity index (χ3v) is 1.24. The van der Waals surface area contributed by atoms with Crippen LogP contribution >= 0.6 is 7.82 Å². The van der Waals surface area contributed by atoms with Crippen molar-refractivity contribution in [2.75, 3.05) is 6.61 Å². The number of primary amides is 1. The van der Waals surface area contributed by atoms with Crippen LogP contribution < -0.4 is 5.73 Å². The molecule has 0 aromatic carbocycles. The van der Waals surface area contributed by atoms with Gasteiger partial charge in [-0.25, -0.2) is 9.36 Å². The molecule has 0 radical (unpaired) electrons. The Balaban J connectivity index is 0.000000249. The summed E-state index contributed by atoms with van der Waals surface area (Å²) < 4.78 is 17.7. The lowest BCUT2D eigenvalue weighted by atomic mass is 10.5. The Kier molecular flexibility index (Phi) is 5.62. The van der Waals surface area contributed by atoms with Crippen molar-refractivity contribution in [3.8, 4) is 0 Å². The van der Waals surface area contributed by atoms with Crippen molar-refractivity contribution < 1.29 is 28.4 Å². The average Bonchev–Trinajstić information content (AvgIpc) is 2.03. The Morgan fingerprint density at radius 1 is 1.50 bits per heavy atom. The van der Waals surface area contributed by atoms with E-state index in [-0.39, 0.29) is 0 Å². The van der Waals surface area contributed by atoms with E-state index in [0.29, 0.717) is 0 Å². The molecule has 0 saturated carbocycles. The highest BCUT2D eigenvalue weighted by Crippen LogP contribution is 2.35. The van der Waals surface area contributed by atoms with Gasteiger partial charge >= 0.3 is 13.9 Å². The summed E-state index contributed by atoms with van der Waals surface area (Å²) in [5, 5.41) is 0. The minimum atomic E-state index is -4.70. The molecule has 1 amide bonds. The number of nitrogens with two attached hydrogens (primary N) is 1. The average molecular weight is 223 g/mol. The zero-order valence-corrected chi connectivity index (χ0v) is 7.96. The molecule has 7 nitrogen and oxygen atoms in total. The molecule has 4 N–H and O–H groups in total. The Bertz CT molecular complexity index is 268. The summed E-state index contributed by atoms with van der Waals surface area (Å²) in [5.74, 6) is 0. The van der Waals surface area contributed by atoms with E-state index >= 15 is 0 Å². The summed E-state index contributed by atoms with van der Waals surface area (Å²) >= 11 is 0. The maximum Gasteiger partial charge on any atom is 0.528 e. The maximum atomic E-state index is 9.61. The summed E-state index contributed by atoms with van der Waals surface area (Å²) in [4.78, 5) is 25.1. The lowest BCUT2D eigenvalue weighted by Crippen LogP contribution is -2.10. The lowest BCUT2D eigenvalue weighted by Gasteiger charge is -1.98. The number of allylic oxidation sites excluding steroid dienone is 2. The number of phosphoric ester groups is 1. The molecule has 0 aliphatic carbocycles. The van der Waals surface area contributed by atoms with Gasteiger partial charge in [-0.2, -0.15) is 0 Å². The van der Waals surface area contributed by atoms with Crippen LogP contribution in [0.25, 0.3) is 0 Å². The number of hydrogen-bond acceptors (Lipinski definition) is 4. The first-order valence-corrected chi connectivity index (χ1v) is 4.92. The molecule has 0 bridgehead atoms. The van der Waals surface area contributed by atoms with E-state index in [4.69, 9.17) is 14.5 Å². The molecule has 8 heteroatoms. The number of carbonyl (C=O) groups is 1. The smallest absolute Gasteiger partial charge is 0.497 e. The first kappa shape index (κ1) is 12.7. The molecule has 1 aliphatic heterocycles. The summed E-state index contributed by atoms with van der Waals surface area (Å²) in [7, 11) is -4.70. The van der Waals surface area contributed by atoms with Gasteiger partial charge in [0.25, 0.3) is 0 Å². The number of hydrogen-bond donors (Lipinski definition) is 3. The highest BCUT2D eigenvalue weighted by molar-refractivity contribution is 7.46. The molecule has 1 aliphatic rings. The first-order chi connectivity index (χ1) is 6.42. The summed E-state index contributed by atoms with van der Waals surface area (Å²) in [6.07, 6.45) is 5.98. The molecule has 1 heterocycles. The molecular weight excluding hydrogens is 213 g/mol. The fraction of sp³-hybridized carbons (Fsp3) is 0.167. The zero-order chi connectivity index (χ0) is 11.0. The Morgan fingerprint density at radius 2 is 2.14 bits per heavy atom. The number of carbonyl (C=O) groups excluding carboxylic acids is 1. The second-order valence-electron chi connectivity index (χ2n) is 1.99. The van der Waals surface area contributed by atoms with Gasteiger partial charge in [-0.05, 0) is 12.2 Å². The van der Waals surface area contributed by atoms with E-state index in [1.807, 2.05) is 18.2 Å². The first-order valence-electron chi connectivity index (χ1n) is 3.39. The van der Waals surface area contributed by atoms with Crippen molar-refractivity contribution >= 4 is 13.9 Å². The highest BCUT2D eigenvalue weighted by Gasteiger charge is 2.17. The van der Waals surface area contributed by atoms with Crippen LogP contribution in [-0.4, -0.2) is 22.5 Å². The van der Waals surface area contributed by atoms with Gasteiger partial charge < -0.3 is 15.0 Å².